The van der Waals surface area contributed by atoms with Crippen molar-refractivity contribution in [2.24, 2.45) is 0 Å². The van der Waals surface area contributed by atoms with Crippen molar-refractivity contribution in [1.82, 2.24) is 14.9 Å². The highest BCUT2D eigenvalue weighted by molar-refractivity contribution is 7.88. The van der Waals surface area contributed by atoms with Crippen LogP contribution in [0.5, 0.6) is 0 Å². The molecule has 6 heteroatoms. The molecule has 68 valence electrons. The molecule has 1 heterocycles. The van der Waals surface area contributed by atoms with Gasteiger partial charge in [0.2, 0.25) is 10.0 Å². The molecule has 12 heavy (non-hydrogen) atoms. The van der Waals surface area contributed by atoms with E-state index in [-0.39, 0.29) is 6.04 Å². The minimum atomic E-state index is -3.14. The smallest absolute Gasteiger partial charge is 0.209 e. The van der Waals surface area contributed by atoms with E-state index in [4.69, 9.17) is 0 Å². The molecule has 0 saturated heterocycles. The molecule has 1 aromatic heterocycles. The number of rotatable bonds is 3. The van der Waals surface area contributed by atoms with Crippen molar-refractivity contribution in [1.29, 1.82) is 0 Å². The van der Waals surface area contributed by atoms with Crippen molar-refractivity contribution < 1.29 is 8.42 Å². The molecular formula is C6H11N3O2S. The van der Waals surface area contributed by atoms with Crippen molar-refractivity contribution >= 4 is 10.0 Å². The first-order valence-electron chi connectivity index (χ1n) is 3.45. The van der Waals surface area contributed by atoms with Gasteiger partial charge in [-0.25, -0.2) is 13.1 Å². The molecule has 1 atom stereocenters. The molecule has 0 saturated carbocycles. The van der Waals surface area contributed by atoms with Crippen LogP contribution in [0.1, 0.15) is 18.5 Å². The van der Waals surface area contributed by atoms with Gasteiger partial charge < -0.3 is 0 Å². The van der Waals surface area contributed by atoms with Crippen LogP contribution in [0, 0.1) is 0 Å². The second kappa shape index (κ2) is 3.24. The third kappa shape index (κ3) is 2.63. The molecule has 0 aliphatic carbocycles. The van der Waals surface area contributed by atoms with Crippen LogP contribution in [0.2, 0.25) is 0 Å². The van der Waals surface area contributed by atoms with Crippen molar-refractivity contribution in [2.45, 2.75) is 13.0 Å². The van der Waals surface area contributed by atoms with E-state index in [1.165, 1.54) is 0 Å². The van der Waals surface area contributed by atoms with Gasteiger partial charge in [0.15, 0.2) is 0 Å². The Hall–Kier alpha value is -0.880. The lowest BCUT2D eigenvalue weighted by molar-refractivity contribution is 0.573. The van der Waals surface area contributed by atoms with Crippen LogP contribution in [0.3, 0.4) is 0 Å². The molecule has 0 aliphatic heterocycles. The van der Waals surface area contributed by atoms with Crippen LogP contribution in [0.4, 0.5) is 0 Å². The van der Waals surface area contributed by atoms with Gasteiger partial charge in [-0.2, -0.15) is 5.10 Å². The fraction of sp³-hybridized carbons (Fsp3) is 0.500. The summed E-state index contributed by atoms with van der Waals surface area (Å²) in [4.78, 5) is 0. The Morgan fingerprint density at radius 3 is 2.75 bits per heavy atom. The van der Waals surface area contributed by atoms with Crippen molar-refractivity contribution in [2.75, 3.05) is 6.26 Å². The molecule has 5 nitrogen and oxygen atoms in total. The summed E-state index contributed by atoms with van der Waals surface area (Å²) in [6.45, 7) is 1.76. The number of nitrogens with one attached hydrogen (secondary N) is 2. The maximum Gasteiger partial charge on any atom is 0.209 e. The topological polar surface area (TPSA) is 74.8 Å². The van der Waals surface area contributed by atoms with Crippen molar-refractivity contribution in [3.63, 3.8) is 0 Å². The van der Waals surface area contributed by atoms with Crippen molar-refractivity contribution in [3.8, 4) is 0 Å². The zero-order chi connectivity index (χ0) is 9.19. The molecule has 0 fully saturated rings. The van der Waals surface area contributed by atoms with Gasteiger partial charge in [-0.3, -0.25) is 5.10 Å². The van der Waals surface area contributed by atoms with E-state index < -0.39 is 10.0 Å². The van der Waals surface area contributed by atoms with Gasteiger partial charge in [-0.05, 0) is 6.92 Å². The van der Waals surface area contributed by atoms with E-state index in [0.29, 0.717) is 0 Å². The standard InChI is InChI=1S/C6H11N3O2S/c1-5(9-12(2,10)11)6-3-7-8-4-6/h3-5,9H,1-2H3,(H,7,8). The van der Waals surface area contributed by atoms with E-state index in [2.05, 4.69) is 14.9 Å². The summed E-state index contributed by atoms with van der Waals surface area (Å²) in [7, 11) is -3.14. The first-order chi connectivity index (χ1) is 5.49. The lowest BCUT2D eigenvalue weighted by Crippen LogP contribution is -2.24. The van der Waals surface area contributed by atoms with E-state index in [9.17, 15) is 8.42 Å². The molecule has 0 amide bonds. The summed E-state index contributed by atoms with van der Waals surface area (Å²) >= 11 is 0. The van der Waals surface area contributed by atoms with E-state index in [1.54, 1.807) is 19.3 Å². The Labute approximate surface area is 71.2 Å². The molecule has 0 radical (unpaired) electrons. The monoisotopic (exact) mass is 189 g/mol. The molecule has 0 spiro atoms. The Kier molecular flexibility index (Phi) is 2.49. The van der Waals surface area contributed by atoms with Crippen LogP contribution in [-0.4, -0.2) is 24.9 Å². The number of hydrogen-bond donors (Lipinski definition) is 2. The average Bonchev–Trinajstić information content (AvgIpc) is 2.32. The maximum absolute atomic E-state index is 10.8. The number of nitrogens with zero attached hydrogens (tertiary/aromatic N) is 1. The highest BCUT2D eigenvalue weighted by atomic mass is 32.2. The van der Waals surface area contributed by atoms with Gasteiger partial charge in [0.1, 0.15) is 0 Å². The quantitative estimate of drug-likeness (QED) is 0.704. The van der Waals surface area contributed by atoms with Crippen LogP contribution in [0.15, 0.2) is 12.4 Å². The summed E-state index contributed by atoms with van der Waals surface area (Å²) in [6, 6.07) is -0.237. The number of aromatic nitrogens is 2. The Morgan fingerprint density at radius 2 is 2.33 bits per heavy atom. The van der Waals surface area contributed by atoms with Gasteiger partial charge in [-0.1, -0.05) is 0 Å². The number of sulfonamides is 1. The van der Waals surface area contributed by atoms with Crippen LogP contribution in [0.25, 0.3) is 0 Å². The Balaban J connectivity index is 2.68. The second-order valence-electron chi connectivity index (χ2n) is 2.64. The predicted octanol–water partition coefficient (Wildman–Crippen LogP) is 0.0199. The lowest BCUT2D eigenvalue weighted by atomic mass is 10.2. The number of aromatic amines is 1. The Morgan fingerprint density at radius 1 is 1.67 bits per heavy atom. The SMILES string of the molecule is CC(NS(C)(=O)=O)c1cn[nH]c1. The maximum atomic E-state index is 10.8. The summed E-state index contributed by atoms with van der Waals surface area (Å²) in [5, 5.41) is 6.33. The molecule has 1 rings (SSSR count). The normalized spacial score (nSPS) is 14.5. The third-order valence-electron chi connectivity index (χ3n) is 1.41. The Bertz CT molecular complexity index is 330. The van der Waals surface area contributed by atoms with Crippen LogP contribution in [-0.2, 0) is 10.0 Å². The summed E-state index contributed by atoms with van der Waals surface area (Å²) < 4.78 is 24.0. The molecule has 0 aliphatic rings. The second-order valence-corrected chi connectivity index (χ2v) is 4.42. The average molecular weight is 189 g/mol. The van der Waals surface area contributed by atoms with E-state index in [0.717, 1.165) is 11.8 Å². The molecule has 0 aromatic carbocycles. The summed E-state index contributed by atoms with van der Waals surface area (Å²) in [5.74, 6) is 0. The zero-order valence-electron chi connectivity index (χ0n) is 6.90. The molecule has 1 aromatic rings. The van der Waals surface area contributed by atoms with Crippen molar-refractivity contribution in [3.05, 3.63) is 18.0 Å². The lowest BCUT2D eigenvalue weighted by Gasteiger charge is -2.08. The highest BCUT2D eigenvalue weighted by Crippen LogP contribution is 2.09. The molecule has 2 N–H and O–H groups in total. The first kappa shape index (κ1) is 9.21. The minimum absolute atomic E-state index is 0.237. The van der Waals surface area contributed by atoms with Gasteiger partial charge in [0.25, 0.3) is 0 Å². The van der Waals surface area contributed by atoms with Gasteiger partial charge in [0.05, 0.1) is 12.5 Å². The zero-order valence-corrected chi connectivity index (χ0v) is 7.72. The summed E-state index contributed by atoms with van der Waals surface area (Å²) in [5.41, 5.74) is 0.820. The minimum Gasteiger partial charge on any atom is -0.285 e. The number of H-pyrrole nitrogens is 1. The van der Waals surface area contributed by atoms with E-state index in [1.807, 2.05) is 0 Å². The molecule has 0 bridgehead atoms. The fourth-order valence-electron chi connectivity index (χ4n) is 0.887. The fourth-order valence-corrected chi connectivity index (χ4v) is 1.67. The van der Waals surface area contributed by atoms with Gasteiger partial charge >= 0.3 is 0 Å². The van der Waals surface area contributed by atoms with E-state index >= 15 is 0 Å². The third-order valence-corrected chi connectivity index (χ3v) is 2.19. The molecular weight excluding hydrogens is 178 g/mol. The molecule has 1 unspecified atom stereocenters. The predicted molar refractivity (Wildman–Crippen MR) is 45.0 cm³/mol. The van der Waals surface area contributed by atoms with Gasteiger partial charge in [0, 0.05) is 17.8 Å². The largest absolute Gasteiger partial charge is 0.285 e. The van der Waals surface area contributed by atoms with Crippen LogP contribution < -0.4 is 4.72 Å². The first-order valence-corrected chi connectivity index (χ1v) is 5.34. The van der Waals surface area contributed by atoms with Gasteiger partial charge in [-0.15, -0.1) is 0 Å². The highest BCUT2D eigenvalue weighted by Gasteiger charge is 2.10. The number of hydrogen-bond acceptors (Lipinski definition) is 3. The summed E-state index contributed by atoms with van der Waals surface area (Å²) in [6.07, 6.45) is 4.37. The van der Waals surface area contributed by atoms with Crippen LogP contribution >= 0.6 is 0 Å².